The van der Waals surface area contributed by atoms with Gasteiger partial charge in [-0.05, 0) is 19.8 Å². The molecule has 1 heterocycles. The number of halogens is 2. The normalized spacial score (nSPS) is 17.5. The van der Waals surface area contributed by atoms with E-state index in [2.05, 4.69) is 5.10 Å². The molecule has 1 aromatic heterocycles. The van der Waals surface area contributed by atoms with Crippen molar-refractivity contribution in [3.05, 3.63) is 22.0 Å². The van der Waals surface area contributed by atoms with Crippen LogP contribution in [0.15, 0.2) is 6.20 Å². The second kappa shape index (κ2) is 6.37. The lowest BCUT2D eigenvalue weighted by Gasteiger charge is -2.34. The molecule has 0 aliphatic heterocycles. The lowest BCUT2D eigenvalue weighted by molar-refractivity contribution is -0.386. The number of alkyl halides is 2. The number of rotatable bonds is 5. The fraction of sp³-hybridized carbons (Fsp3) is 0.692. The second-order valence-electron chi connectivity index (χ2n) is 5.21. The Hall–Kier alpha value is -2.06. The summed E-state index contributed by atoms with van der Waals surface area (Å²) in [4.78, 5) is 22.4. The van der Waals surface area contributed by atoms with E-state index in [1.54, 1.807) is 6.92 Å². The second-order valence-corrected chi connectivity index (χ2v) is 5.21. The van der Waals surface area contributed by atoms with E-state index in [0.29, 0.717) is 25.7 Å². The van der Waals surface area contributed by atoms with Gasteiger partial charge in [0.15, 0.2) is 5.54 Å². The zero-order valence-corrected chi connectivity index (χ0v) is 12.1. The Morgan fingerprint density at radius 1 is 1.50 bits per heavy atom. The van der Waals surface area contributed by atoms with Crippen molar-refractivity contribution in [2.24, 2.45) is 0 Å². The Labute approximate surface area is 125 Å². The van der Waals surface area contributed by atoms with Gasteiger partial charge >= 0.3 is 11.7 Å². The summed E-state index contributed by atoms with van der Waals surface area (Å²) in [5.41, 5.74) is -2.92. The third kappa shape index (κ3) is 2.79. The molecule has 0 N–H and O–H groups in total. The summed E-state index contributed by atoms with van der Waals surface area (Å²) in [7, 11) is 0. The van der Waals surface area contributed by atoms with Crippen LogP contribution in [0.4, 0.5) is 14.5 Å². The van der Waals surface area contributed by atoms with Gasteiger partial charge in [0, 0.05) is 0 Å². The monoisotopic (exact) mass is 317 g/mol. The minimum absolute atomic E-state index is 0.144. The largest absolute Gasteiger partial charge is 0.464 e. The maximum Gasteiger partial charge on any atom is 0.334 e. The number of nitrogens with zero attached hydrogens (tertiary/aromatic N) is 3. The smallest absolute Gasteiger partial charge is 0.334 e. The average Bonchev–Trinajstić information content (AvgIpc) is 2.94. The fourth-order valence-electron chi connectivity index (χ4n) is 2.82. The number of esters is 1. The molecule has 0 atom stereocenters. The molecule has 22 heavy (non-hydrogen) atoms. The number of carbonyl (C=O) groups excluding carboxylic acids is 1. The van der Waals surface area contributed by atoms with Gasteiger partial charge in [-0.2, -0.15) is 5.10 Å². The summed E-state index contributed by atoms with van der Waals surface area (Å²) in [5, 5.41) is 14.6. The van der Waals surface area contributed by atoms with Gasteiger partial charge in [0.1, 0.15) is 6.20 Å². The van der Waals surface area contributed by atoms with E-state index >= 15 is 0 Å². The number of hydrogen-bond acceptors (Lipinski definition) is 5. The number of aromatic nitrogens is 2. The van der Waals surface area contributed by atoms with Crippen molar-refractivity contribution >= 4 is 11.7 Å². The predicted molar refractivity (Wildman–Crippen MR) is 71.5 cm³/mol. The third-order valence-electron chi connectivity index (χ3n) is 3.90. The maximum atomic E-state index is 12.9. The Morgan fingerprint density at radius 2 is 2.14 bits per heavy atom. The quantitative estimate of drug-likeness (QED) is 0.473. The summed E-state index contributed by atoms with van der Waals surface area (Å²) in [5.74, 6) is -0.576. The lowest BCUT2D eigenvalue weighted by atomic mass is 9.82. The van der Waals surface area contributed by atoms with E-state index in [0.717, 1.165) is 17.3 Å². The van der Waals surface area contributed by atoms with Gasteiger partial charge in [0.05, 0.1) is 11.5 Å². The molecule has 1 aliphatic rings. The molecule has 0 saturated heterocycles. The van der Waals surface area contributed by atoms with Crippen molar-refractivity contribution in [3.63, 3.8) is 0 Å². The van der Waals surface area contributed by atoms with Gasteiger partial charge in [-0.15, -0.1) is 0 Å². The van der Waals surface area contributed by atoms with Crippen LogP contribution in [0.5, 0.6) is 0 Å². The van der Waals surface area contributed by atoms with Gasteiger partial charge in [0.25, 0.3) is 6.43 Å². The van der Waals surface area contributed by atoms with Crippen molar-refractivity contribution in [2.45, 2.75) is 51.0 Å². The molecule has 0 unspecified atom stereocenters. The van der Waals surface area contributed by atoms with Crippen LogP contribution in [-0.2, 0) is 15.1 Å². The molecular formula is C13H17F2N3O4. The van der Waals surface area contributed by atoms with Crippen molar-refractivity contribution < 1.29 is 23.2 Å². The first-order valence-corrected chi connectivity index (χ1v) is 7.12. The highest BCUT2D eigenvalue weighted by atomic mass is 19.3. The SMILES string of the molecule is CCOC(=O)C1(n2cc([N+](=O)[O-])c(C(F)F)n2)CCCCC1. The molecule has 1 aliphatic carbocycles. The average molecular weight is 317 g/mol. The standard InChI is InChI=1S/C13H17F2N3O4/c1-2-22-12(19)13(6-4-3-5-7-13)17-8-9(18(20)21)10(16-17)11(14)15/h8,11H,2-7H2,1H3. The Balaban J connectivity index is 2.50. The molecule has 0 bridgehead atoms. The van der Waals surface area contributed by atoms with E-state index in [1.807, 2.05) is 0 Å². The highest BCUT2D eigenvalue weighted by Gasteiger charge is 2.45. The molecule has 2 rings (SSSR count). The Bertz CT molecular complexity index is 568. The summed E-state index contributed by atoms with van der Waals surface area (Å²) in [6.07, 6.45) is 0.897. The lowest BCUT2D eigenvalue weighted by Crippen LogP contribution is -2.45. The first-order valence-electron chi connectivity index (χ1n) is 7.12. The van der Waals surface area contributed by atoms with E-state index < -0.39 is 34.2 Å². The zero-order chi connectivity index (χ0) is 16.3. The van der Waals surface area contributed by atoms with E-state index in [-0.39, 0.29) is 6.61 Å². The van der Waals surface area contributed by atoms with E-state index in [4.69, 9.17) is 4.74 Å². The molecular weight excluding hydrogens is 300 g/mol. The van der Waals surface area contributed by atoms with E-state index in [1.165, 1.54) is 0 Å². The minimum atomic E-state index is -3.08. The molecule has 0 spiro atoms. The van der Waals surface area contributed by atoms with Gasteiger partial charge < -0.3 is 4.74 Å². The molecule has 122 valence electrons. The first kappa shape index (κ1) is 16.3. The van der Waals surface area contributed by atoms with Crippen LogP contribution < -0.4 is 0 Å². The summed E-state index contributed by atoms with van der Waals surface area (Å²) in [6, 6.07) is 0. The molecule has 1 fully saturated rings. The molecule has 0 radical (unpaired) electrons. The zero-order valence-electron chi connectivity index (χ0n) is 12.1. The molecule has 0 amide bonds. The van der Waals surface area contributed by atoms with Crippen LogP contribution in [-0.4, -0.2) is 27.3 Å². The van der Waals surface area contributed by atoms with Gasteiger partial charge in [-0.3, -0.25) is 10.1 Å². The number of nitro groups is 1. The van der Waals surface area contributed by atoms with Crippen LogP contribution in [0, 0.1) is 10.1 Å². The Kier molecular flexibility index (Phi) is 4.72. The predicted octanol–water partition coefficient (Wildman–Crippen LogP) is 2.95. The van der Waals surface area contributed by atoms with Crippen LogP contribution in [0.3, 0.4) is 0 Å². The molecule has 7 nitrogen and oxygen atoms in total. The van der Waals surface area contributed by atoms with Crippen LogP contribution in [0.2, 0.25) is 0 Å². The van der Waals surface area contributed by atoms with Crippen LogP contribution in [0.25, 0.3) is 0 Å². The van der Waals surface area contributed by atoms with Crippen molar-refractivity contribution in [2.75, 3.05) is 6.61 Å². The number of hydrogen-bond donors (Lipinski definition) is 0. The topological polar surface area (TPSA) is 87.3 Å². The highest BCUT2D eigenvalue weighted by molar-refractivity contribution is 5.79. The Morgan fingerprint density at radius 3 is 2.59 bits per heavy atom. The number of ether oxygens (including phenoxy) is 1. The van der Waals surface area contributed by atoms with Crippen molar-refractivity contribution in [1.29, 1.82) is 0 Å². The minimum Gasteiger partial charge on any atom is -0.464 e. The maximum absolute atomic E-state index is 12.9. The third-order valence-corrected chi connectivity index (χ3v) is 3.90. The first-order chi connectivity index (χ1) is 10.4. The van der Waals surface area contributed by atoms with Gasteiger partial charge in [-0.1, -0.05) is 19.3 Å². The van der Waals surface area contributed by atoms with E-state index in [9.17, 15) is 23.7 Å². The van der Waals surface area contributed by atoms with Crippen LogP contribution >= 0.6 is 0 Å². The summed E-state index contributed by atoms with van der Waals surface area (Å²) >= 11 is 0. The van der Waals surface area contributed by atoms with Crippen LogP contribution in [0.1, 0.15) is 51.1 Å². The van der Waals surface area contributed by atoms with Crippen molar-refractivity contribution in [1.82, 2.24) is 9.78 Å². The van der Waals surface area contributed by atoms with Gasteiger partial charge in [0.2, 0.25) is 5.69 Å². The molecule has 1 saturated carbocycles. The molecule has 9 heteroatoms. The number of carbonyl (C=O) groups is 1. The molecule has 0 aromatic carbocycles. The van der Waals surface area contributed by atoms with Crippen molar-refractivity contribution in [3.8, 4) is 0 Å². The fourth-order valence-corrected chi connectivity index (χ4v) is 2.82. The molecule has 1 aromatic rings. The summed E-state index contributed by atoms with van der Waals surface area (Å²) in [6.45, 7) is 1.79. The highest BCUT2D eigenvalue weighted by Crippen LogP contribution is 2.38. The van der Waals surface area contributed by atoms with Gasteiger partial charge in [-0.25, -0.2) is 18.3 Å². The summed E-state index contributed by atoms with van der Waals surface area (Å²) < 4.78 is 32.0.